The van der Waals surface area contributed by atoms with Gasteiger partial charge >= 0.3 is 12.1 Å². The number of carboxylic acids is 1. The summed E-state index contributed by atoms with van der Waals surface area (Å²) in [5, 5.41) is 10.5. The molecule has 0 bridgehead atoms. The fraction of sp³-hybridized carbons (Fsp3) is 0.250. The molecule has 7 heteroatoms. The van der Waals surface area contributed by atoms with Crippen molar-refractivity contribution >= 4 is 11.8 Å². The van der Waals surface area contributed by atoms with Gasteiger partial charge < -0.3 is 10.4 Å². The van der Waals surface area contributed by atoms with Gasteiger partial charge in [0.2, 0.25) is 0 Å². The van der Waals surface area contributed by atoms with Crippen LogP contribution in [0.5, 0.6) is 0 Å². The second-order valence-electron chi connectivity index (χ2n) is 2.70. The van der Waals surface area contributed by atoms with Gasteiger partial charge in [-0.15, -0.1) is 0 Å². The Bertz CT molecular complexity index is 365. The first-order valence-corrected chi connectivity index (χ1v) is 3.88. The number of carbonyl (C=O) groups is 1. The van der Waals surface area contributed by atoms with E-state index in [0.717, 1.165) is 12.3 Å². The molecule has 0 unspecified atom stereocenters. The van der Waals surface area contributed by atoms with Crippen molar-refractivity contribution in [2.45, 2.75) is 6.18 Å². The van der Waals surface area contributed by atoms with Crippen molar-refractivity contribution < 1.29 is 23.1 Å². The topological polar surface area (TPSA) is 62.2 Å². The number of nitrogens with zero attached hydrogens (tertiary/aromatic N) is 1. The third-order valence-corrected chi connectivity index (χ3v) is 1.48. The zero-order valence-electron chi connectivity index (χ0n) is 7.38. The molecule has 0 aliphatic rings. The fourth-order valence-electron chi connectivity index (χ4n) is 0.851. The molecule has 0 radical (unpaired) electrons. The Morgan fingerprint density at radius 1 is 1.53 bits per heavy atom. The summed E-state index contributed by atoms with van der Waals surface area (Å²) in [4.78, 5) is 14.0. The van der Waals surface area contributed by atoms with E-state index >= 15 is 0 Å². The van der Waals surface area contributed by atoms with Crippen LogP contribution in [0.15, 0.2) is 18.3 Å². The van der Waals surface area contributed by atoms with Gasteiger partial charge in [0.1, 0.15) is 12.4 Å². The molecule has 0 aliphatic heterocycles. The van der Waals surface area contributed by atoms with Gasteiger partial charge in [0, 0.05) is 6.20 Å². The van der Waals surface area contributed by atoms with E-state index in [0.29, 0.717) is 0 Å². The van der Waals surface area contributed by atoms with Crippen molar-refractivity contribution in [2.24, 2.45) is 0 Å². The second-order valence-corrected chi connectivity index (χ2v) is 2.70. The average Bonchev–Trinajstić information content (AvgIpc) is 2.14. The molecule has 1 aromatic rings. The summed E-state index contributed by atoms with van der Waals surface area (Å²) in [6, 6.07) is 2.23. The first kappa shape index (κ1) is 11.3. The van der Waals surface area contributed by atoms with Crippen LogP contribution < -0.4 is 5.32 Å². The summed E-state index contributed by atoms with van der Waals surface area (Å²) < 4.78 is 35.4. The lowest BCUT2D eigenvalue weighted by Crippen LogP contribution is -2.21. The van der Waals surface area contributed by atoms with Gasteiger partial charge in [-0.2, -0.15) is 13.2 Å². The number of carboxylic acid groups (broad SMARTS) is 1. The molecule has 1 heterocycles. The predicted octanol–water partition coefficient (Wildman–Crippen LogP) is 1.75. The standard InChI is InChI=1S/C8H7F3N2O2/c9-8(10,11)4-13-6-3-5(7(14)15)1-2-12-6/h1-3H,4H2,(H,12,13)(H,14,15). The molecule has 0 amide bonds. The van der Waals surface area contributed by atoms with Crippen LogP contribution in [0, 0.1) is 0 Å². The zero-order chi connectivity index (χ0) is 11.5. The van der Waals surface area contributed by atoms with E-state index < -0.39 is 18.7 Å². The summed E-state index contributed by atoms with van der Waals surface area (Å²) in [7, 11) is 0. The number of aromatic nitrogens is 1. The number of hydrogen-bond donors (Lipinski definition) is 2. The fourth-order valence-corrected chi connectivity index (χ4v) is 0.851. The Kier molecular flexibility index (Phi) is 3.13. The van der Waals surface area contributed by atoms with E-state index in [4.69, 9.17) is 5.11 Å². The van der Waals surface area contributed by atoms with Gasteiger partial charge in [0.15, 0.2) is 0 Å². The number of aromatic carboxylic acids is 1. The van der Waals surface area contributed by atoms with Crippen molar-refractivity contribution in [2.75, 3.05) is 11.9 Å². The number of rotatable bonds is 3. The Morgan fingerprint density at radius 3 is 2.73 bits per heavy atom. The summed E-state index contributed by atoms with van der Waals surface area (Å²) in [6.07, 6.45) is -3.23. The lowest BCUT2D eigenvalue weighted by molar-refractivity contribution is -0.115. The first-order chi connectivity index (χ1) is 6.88. The van der Waals surface area contributed by atoms with Crippen LogP contribution in [-0.4, -0.2) is 28.8 Å². The molecule has 15 heavy (non-hydrogen) atoms. The largest absolute Gasteiger partial charge is 0.478 e. The Morgan fingerprint density at radius 2 is 2.20 bits per heavy atom. The van der Waals surface area contributed by atoms with Crippen LogP contribution in [0.3, 0.4) is 0 Å². The van der Waals surface area contributed by atoms with E-state index in [1.165, 1.54) is 6.07 Å². The number of alkyl halides is 3. The molecule has 0 aromatic carbocycles. The molecule has 0 fully saturated rings. The van der Waals surface area contributed by atoms with Gasteiger partial charge in [0.05, 0.1) is 5.56 Å². The van der Waals surface area contributed by atoms with Crippen molar-refractivity contribution in [1.82, 2.24) is 4.98 Å². The number of anilines is 1. The molecule has 1 aromatic heterocycles. The minimum Gasteiger partial charge on any atom is -0.478 e. The highest BCUT2D eigenvalue weighted by atomic mass is 19.4. The second kappa shape index (κ2) is 4.16. The molecule has 82 valence electrons. The maximum atomic E-state index is 11.8. The normalized spacial score (nSPS) is 11.1. The molecule has 1 rings (SSSR count). The Labute approximate surface area is 82.7 Å². The van der Waals surface area contributed by atoms with E-state index in [1.54, 1.807) is 0 Å². The quantitative estimate of drug-likeness (QED) is 0.814. The number of halogens is 3. The molecule has 0 saturated heterocycles. The maximum absolute atomic E-state index is 11.8. The monoisotopic (exact) mass is 220 g/mol. The Hall–Kier alpha value is -1.79. The minimum absolute atomic E-state index is 0.116. The molecule has 4 nitrogen and oxygen atoms in total. The van der Waals surface area contributed by atoms with Crippen molar-refractivity contribution in [3.8, 4) is 0 Å². The molecule has 0 aliphatic carbocycles. The number of nitrogens with one attached hydrogen (secondary N) is 1. The first-order valence-electron chi connectivity index (χ1n) is 3.88. The van der Waals surface area contributed by atoms with E-state index in [-0.39, 0.29) is 11.4 Å². The van der Waals surface area contributed by atoms with Gasteiger partial charge in [-0.05, 0) is 12.1 Å². The molecule has 2 N–H and O–H groups in total. The van der Waals surface area contributed by atoms with Gasteiger partial charge in [-0.3, -0.25) is 0 Å². The average molecular weight is 220 g/mol. The van der Waals surface area contributed by atoms with Crippen molar-refractivity contribution in [3.05, 3.63) is 23.9 Å². The van der Waals surface area contributed by atoms with Crippen molar-refractivity contribution in [1.29, 1.82) is 0 Å². The van der Waals surface area contributed by atoms with Crippen molar-refractivity contribution in [3.63, 3.8) is 0 Å². The summed E-state index contributed by atoms with van der Waals surface area (Å²) in [5.41, 5.74) is -0.116. The molecule has 0 atom stereocenters. The number of hydrogen-bond acceptors (Lipinski definition) is 3. The lowest BCUT2D eigenvalue weighted by atomic mass is 10.2. The molecule has 0 saturated carbocycles. The summed E-state index contributed by atoms with van der Waals surface area (Å²) in [6.45, 7) is -1.25. The summed E-state index contributed by atoms with van der Waals surface area (Å²) >= 11 is 0. The van der Waals surface area contributed by atoms with Crippen LogP contribution in [0.4, 0.5) is 19.0 Å². The highest BCUT2D eigenvalue weighted by molar-refractivity contribution is 5.88. The molecular weight excluding hydrogens is 213 g/mol. The van der Waals surface area contributed by atoms with Crippen LogP contribution in [0.25, 0.3) is 0 Å². The van der Waals surface area contributed by atoms with E-state index in [1.807, 2.05) is 5.32 Å². The zero-order valence-corrected chi connectivity index (χ0v) is 7.38. The highest BCUT2D eigenvalue weighted by Gasteiger charge is 2.26. The predicted molar refractivity (Wildman–Crippen MR) is 45.7 cm³/mol. The van der Waals surface area contributed by atoms with Gasteiger partial charge in [-0.1, -0.05) is 0 Å². The third-order valence-electron chi connectivity index (χ3n) is 1.48. The van der Waals surface area contributed by atoms with Crippen LogP contribution >= 0.6 is 0 Å². The highest BCUT2D eigenvalue weighted by Crippen LogP contribution is 2.15. The maximum Gasteiger partial charge on any atom is 0.405 e. The van der Waals surface area contributed by atoms with Crippen LogP contribution in [-0.2, 0) is 0 Å². The van der Waals surface area contributed by atoms with E-state index in [2.05, 4.69) is 4.98 Å². The lowest BCUT2D eigenvalue weighted by Gasteiger charge is -2.08. The van der Waals surface area contributed by atoms with Crippen LogP contribution in [0.2, 0.25) is 0 Å². The van der Waals surface area contributed by atoms with Gasteiger partial charge in [0.25, 0.3) is 0 Å². The van der Waals surface area contributed by atoms with Crippen LogP contribution in [0.1, 0.15) is 10.4 Å². The third kappa shape index (κ3) is 3.84. The van der Waals surface area contributed by atoms with Gasteiger partial charge in [-0.25, -0.2) is 9.78 Å². The Balaban J connectivity index is 2.70. The van der Waals surface area contributed by atoms with E-state index in [9.17, 15) is 18.0 Å². The number of pyridine rings is 1. The minimum atomic E-state index is -4.36. The SMILES string of the molecule is O=C(O)c1ccnc(NCC(F)(F)F)c1. The molecular formula is C8H7F3N2O2. The summed E-state index contributed by atoms with van der Waals surface area (Å²) in [5.74, 6) is -1.33. The molecule has 0 spiro atoms. The smallest absolute Gasteiger partial charge is 0.405 e.